The van der Waals surface area contributed by atoms with Gasteiger partial charge in [0.2, 0.25) is 0 Å². The minimum Gasteiger partial charge on any atom is -0.507 e. The largest absolute Gasteiger partial charge is 0.507 e. The number of hydrogen-bond donors (Lipinski definition) is 1. The highest BCUT2D eigenvalue weighted by atomic mass is 16.3. The Morgan fingerprint density at radius 2 is 1.44 bits per heavy atom. The van der Waals surface area contributed by atoms with E-state index in [1.54, 1.807) is 6.21 Å². The van der Waals surface area contributed by atoms with Crippen LogP contribution in [-0.4, -0.2) is 11.3 Å². The molecule has 0 bridgehead atoms. The topological polar surface area (TPSA) is 32.6 Å². The Hall–Kier alpha value is -5.39. The average Bonchev–Trinajstić information content (AvgIpc) is 3.75. The van der Waals surface area contributed by atoms with Crippen LogP contribution in [0, 0.1) is 17.3 Å². The van der Waals surface area contributed by atoms with Crippen molar-refractivity contribution in [1.82, 2.24) is 0 Å². The van der Waals surface area contributed by atoms with Gasteiger partial charge in [-0.05, 0) is 76.6 Å². The molecule has 0 radical (unpaired) electrons. The summed E-state index contributed by atoms with van der Waals surface area (Å²) >= 11 is 0. The van der Waals surface area contributed by atoms with Crippen molar-refractivity contribution in [2.75, 3.05) is 0 Å². The molecule has 45 heavy (non-hydrogen) atoms. The van der Waals surface area contributed by atoms with Gasteiger partial charge in [0.05, 0.1) is 5.69 Å². The van der Waals surface area contributed by atoms with E-state index in [0.29, 0.717) is 11.5 Å². The van der Waals surface area contributed by atoms with Crippen molar-refractivity contribution < 1.29 is 5.11 Å². The molecule has 0 saturated heterocycles. The summed E-state index contributed by atoms with van der Waals surface area (Å²) in [5, 5.41) is 10.9. The van der Waals surface area contributed by atoms with Crippen molar-refractivity contribution in [3.8, 4) is 39.8 Å². The van der Waals surface area contributed by atoms with E-state index in [4.69, 9.17) is 0 Å². The molecule has 5 aromatic carbocycles. The van der Waals surface area contributed by atoms with Crippen LogP contribution in [0.15, 0.2) is 150 Å². The summed E-state index contributed by atoms with van der Waals surface area (Å²) < 4.78 is 0. The van der Waals surface area contributed by atoms with E-state index in [9.17, 15) is 5.11 Å². The first kappa shape index (κ1) is 28.4. The number of benzene rings is 5. The Balaban J connectivity index is 1.07. The molecule has 1 unspecified atom stereocenters. The van der Waals surface area contributed by atoms with Crippen molar-refractivity contribution in [1.29, 1.82) is 0 Å². The number of aromatic hydroxyl groups is 1. The molecule has 1 atom stereocenters. The molecule has 0 spiro atoms. The lowest BCUT2D eigenvalue weighted by Gasteiger charge is -2.38. The molecule has 218 valence electrons. The fourth-order valence-electron chi connectivity index (χ4n) is 6.96. The summed E-state index contributed by atoms with van der Waals surface area (Å²) in [6, 6.07) is 41.4. The van der Waals surface area contributed by atoms with Crippen molar-refractivity contribution in [3.05, 3.63) is 167 Å². The second kappa shape index (κ2) is 12.3. The Labute approximate surface area is 266 Å². The summed E-state index contributed by atoms with van der Waals surface area (Å²) in [5.74, 6) is 7.41. The molecule has 2 aliphatic rings. The predicted octanol–water partition coefficient (Wildman–Crippen LogP) is 10.6. The smallest absolute Gasteiger partial charge is 0.132 e. The van der Waals surface area contributed by atoms with Crippen molar-refractivity contribution >= 4 is 11.9 Å². The van der Waals surface area contributed by atoms with Gasteiger partial charge >= 0.3 is 0 Å². The van der Waals surface area contributed by atoms with Gasteiger partial charge in [0.15, 0.2) is 0 Å². The number of allylic oxidation sites excluding steroid dienone is 4. The molecule has 0 heterocycles. The zero-order valence-electron chi connectivity index (χ0n) is 25.4. The predicted molar refractivity (Wildman–Crippen MR) is 187 cm³/mol. The number of para-hydroxylation sites is 1. The van der Waals surface area contributed by atoms with E-state index < -0.39 is 0 Å². The molecular weight excluding hydrogens is 546 g/mol. The van der Waals surface area contributed by atoms with Gasteiger partial charge in [-0.3, -0.25) is 4.99 Å². The normalized spacial score (nSPS) is 14.8. The van der Waals surface area contributed by atoms with Crippen LogP contribution in [0.1, 0.15) is 54.4 Å². The van der Waals surface area contributed by atoms with Crippen LogP contribution >= 0.6 is 0 Å². The van der Waals surface area contributed by atoms with Crippen LogP contribution in [0.5, 0.6) is 5.75 Å². The van der Waals surface area contributed by atoms with E-state index in [1.807, 2.05) is 72.8 Å². The minimum atomic E-state index is -0.0632. The van der Waals surface area contributed by atoms with E-state index in [1.165, 1.54) is 27.8 Å². The summed E-state index contributed by atoms with van der Waals surface area (Å²) in [4.78, 5) is 4.62. The molecule has 0 aliphatic heterocycles. The second-order valence-corrected chi connectivity index (χ2v) is 12.0. The fourth-order valence-corrected chi connectivity index (χ4v) is 6.96. The first-order valence-electron chi connectivity index (χ1n) is 15.7. The van der Waals surface area contributed by atoms with Gasteiger partial charge < -0.3 is 5.11 Å². The maximum absolute atomic E-state index is 10.9. The standard InChI is InChI=1S/C43H35NO/c1-43(34-18-5-6-19-34,41-39-22-9-7-20-37(39)38-21-8-10-23-40(38)41)29-12-11-14-31-25-27-35(28-26-31)44-30-33-17-13-24-36(42(33)45)32-15-3-2-4-16-32/h2-5,7-10,13,15-28,30,41,45H,6,12,29H2,1H3/b44-30+. The highest BCUT2D eigenvalue weighted by Gasteiger charge is 2.43. The highest BCUT2D eigenvalue weighted by molar-refractivity contribution is 5.89. The van der Waals surface area contributed by atoms with Crippen LogP contribution in [0.25, 0.3) is 22.3 Å². The number of hydrogen-bond acceptors (Lipinski definition) is 2. The van der Waals surface area contributed by atoms with Crippen LogP contribution in [0.3, 0.4) is 0 Å². The van der Waals surface area contributed by atoms with Gasteiger partial charge in [0.25, 0.3) is 0 Å². The molecule has 0 amide bonds. The average molecular weight is 582 g/mol. The lowest BCUT2D eigenvalue weighted by molar-refractivity contribution is 0.335. The van der Waals surface area contributed by atoms with E-state index in [0.717, 1.165) is 41.6 Å². The van der Waals surface area contributed by atoms with Crippen LogP contribution in [-0.2, 0) is 0 Å². The summed E-state index contributed by atoms with van der Waals surface area (Å²) in [6.45, 7) is 2.43. The second-order valence-electron chi connectivity index (χ2n) is 12.0. The van der Waals surface area contributed by atoms with Gasteiger partial charge in [-0.25, -0.2) is 0 Å². The molecule has 5 aromatic rings. The van der Waals surface area contributed by atoms with E-state index in [2.05, 4.69) is 90.5 Å². The number of nitrogens with zero attached hydrogens (tertiary/aromatic N) is 1. The first-order chi connectivity index (χ1) is 22.1. The van der Waals surface area contributed by atoms with Crippen LogP contribution in [0.4, 0.5) is 5.69 Å². The minimum absolute atomic E-state index is 0.0632. The van der Waals surface area contributed by atoms with Gasteiger partial charge in [0, 0.05) is 40.7 Å². The van der Waals surface area contributed by atoms with Gasteiger partial charge in [-0.2, -0.15) is 0 Å². The van der Waals surface area contributed by atoms with E-state index >= 15 is 0 Å². The molecule has 0 saturated carbocycles. The third-order valence-corrected chi connectivity index (χ3v) is 9.28. The molecule has 1 N–H and O–H groups in total. The van der Waals surface area contributed by atoms with Crippen LogP contribution < -0.4 is 0 Å². The van der Waals surface area contributed by atoms with Gasteiger partial charge in [-0.15, -0.1) is 0 Å². The van der Waals surface area contributed by atoms with Crippen molar-refractivity contribution in [3.63, 3.8) is 0 Å². The third kappa shape index (κ3) is 5.54. The van der Waals surface area contributed by atoms with Crippen LogP contribution in [0.2, 0.25) is 0 Å². The van der Waals surface area contributed by atoms with Gasteiger partial charge in [0.1, 0.15) is 5.75 Å². The van der Waals surface area contributed by atoms with Crippen molar-refractivity contribution in [2.24, 2.45) is 10.4 Å². The number of aliphatic imine (C=N–C) groups is 1. The SMILES string of the molecule is CC(CCC#Cc1ccc(/N=C/c2cccc(-c3ccccc3)c2O)cc1)(C1=CCC=C1)C1c2ccccc2-c2ccccc21. The maximum Gasteiger partial charge on any atom is 0.132 e. The highest BCUT2D eigenvalue weighted by Crippen LogP contribution is 2.57. The maximum atomic E-state index is 10.9. The molecule has 0 aromatic heterocycles. The quantitative estimate of drug-likeness (QED) is 0.150. The Kier molecular flexibility index (Phi) is 7.76. The summed E-state index contributed by atoms with van der Waals surface area (Å²) in [6.07, 6.45) is 11.5. The lowest BCUT2D eigenvalue weighted by atomic mass is 9.65. The Morgan fingerprint density at radius 1 is 0.778 bits per heavy atom. The lowest BCUT2D eigenvalue weighted by Crippen LogP contribution is -2.27. The Bertz CT molecular complexity index is 1960. The monoisotopic (exact) mass is 581 g/mol. The number of phenols is 1. The van der Waals surface area contributed by atoms with E-state index in [-0.39, 0.29) is 11.2 Å². The molecule has 2 aliphatic carbocycles. The van der Waals surface area contributed by atoms with Crippen molar-refractivity contribution in [2.45, 2.75) is 32.1 Å². The number of phenolic OH excluding ortho intramolecular Hbond substituents is 1. The zero-order chi connectivity index (χ0) is 30.6. The molecule has 2 heteroatoms. The number of fused-ring (bicyclic) bond motifs is 3. The zero-order valence-corrected chi connectivity index (χ0v) is 25.4. The Morgan fingerprint density at radius 3 is 2.13 bits per heavy atom. The molecule has 0 fully saturated rings. The molecule has 7 rings (SSSR count). The summed E-state index contributed by atoms with van der Waals surface area (Å²) in [7, 11) is 0. The first-order valence-corrected chi connectivity index (χ1v) is 15.7. The molecular formula is C43H35NO. The third-order valence-electron chi connectivity index (χ3n) is 9.28. The fraction of sp³-hybridized carbons (Fsp3) is 0.140. The summed E-state index contributed by atoms with van der Waals surface area (Å²) in [5.41, 5.74) is 11.2. The van der Waals surface area contributed by atoms with Gasteiger partial charge in [-0.1, -0.05) is 128 Å². The number of rotatable bonds is 7. The molecule has 2 nitrogen and oxygen atoms in total.